The van der Waals surface area contributed by atoms with Gasteiger partial charge >= 0.3 is 0 Å². The Morgan fingerprint density at radius 3 is 2.85 bits per heavy atom. The molecule has 3 heterocycles. The van der Waals surface area contributed by atoms with E-state index in [0.29, 0.717) is 36.5 Å². The smallest absolute Gasteiger partial charge is 0.238 e. The minimum Gasteiger partial charge on any atom is -0.461 e. The van der Waals surface area contributed by atoms with Gasteiger partial charge in [0.15, 0.2) is 5.76 Å². The zero-order valence-corrected chi connectivity index (χ0v) is 11.0. The number of amides is 1. The molecule has 1 saturated carbocycles. The summed E-state index contributed by atoms with van der Waals surface area (Å²) < 4.78 is 10.5. The summed E-state index contributed by atoms with van der Waals surface area (Å²) in [6.45, 7) is 1.38. The van der Waals surface area contributed by atoms with Crippen molar-refractivity contribution in [2.75, 3.05) is 13.1 Å². The van der Waals surface area contributed by atoms with Crippen LogP contribution in [0.2, 0.25) is 0 Å². The Hall–Kier alpha value is -2.11. The second-order valence-electron chi connectivity index (χ2n) is 5.50. The van der Waals surface area contributed by atoms with Crippen LogP contribution in [0.1, 0.15) is 31.1 Å². The van der Waals surface area contributed by atoms with Crippen molar-refractivity contribution >= 4 is 5.91 Å². The van der Waals surface area contributed by atoms with Crippen LogP contribution in [0.25, 0.3) is 11.6 Å². The summed E-state index contributed by atoms with van der Waals surface area (Å²) in [6, 6.07) is 3.58. The summed E-state index contributed by atoms with van der Waals surface area (Å²) in [7, 11) is 0. The van der Waals surface area contributed by atoms with Crippen LogP contribution >= 0.6 is 0 Å². The lowest BCUT2D eigenvalue weighted by atomic mass is 9.83. The summed E-state index contributed by atoms with van der Waals surface area (Å²) in [5.41, 5.74) is 0. The largest absolute Gasteiger partial charge is 0.461 e. The first-order chi connectivity index (χ1) is 9.81. The third kappa shape index (κ3) is 1.83. The number of aromatic nitrogens is 2. The normalized spacial score (nSPS) is 19.7. The van der Waals surface area contributed by atoms with Gasteiger partial charge in [0.1, 0.15) is 0 Å². The molecule has 2 aromatic heterocycles. The highest BCUT2D eigenvalue weighted by Crippen LogP contribution is 2.33. The van der Waals surface area contributed by atoms with Gasteiger partial charge in [-0.15, -0.1) is 0 Å². The third-order valence-electron chi connectivity index (χ3n) is 4.18. The van der Waals surface area contributed by atoms with E-state index in [9.17, 15) is 4.79 Å². The number of likely N-dealkylation sites (tertiary alicyclic amines) is 1. The molecule has 0 bridgehead atoms. The van der Waals surface area contributed by atoms with Gasteiger partial charge < -0.3 is 13.8 Å². The highest BCUT2D eigenvalue weighted by Gasteiger charge is 2.39. The fraction of sp³-hybridized carbons (Fsp3) is 0.500. The van der Waals surface area contributed by atoms with E-state index >= 15 is 0 Å². The quantitative estimate of drug-likeness (QED) is 0.855. The van der Waals surface area contributed by atoms with Gasteiger partial charge in [-0.3, -0.25) is 4.79 Å². The number of carbonyl (C=O) groups excluding carboxylic acids is 1. The number of rotatable bonds is 3. The molecule has 6 heteroatoms. The van der Waals surface area contributed by atoms with E-state index in [0.717, 1.165) is 12.8 Å². The van der Waals surface area contributed by atoms with Gasteiger partial charge in [0.2, 0.25) is 17.6 Å². The second-order valence-corrected chi connectivity index (χ2v) is 5.50. The topological polar surface area (TPSA) is 72.4 Å². The van der Waals surface area contributed by atoms with Crippen LogP contribution in [-0.2, 0) is 4.79 Å². The van der Waals surface area contributed by atoms with Crippen LogP contribution in [0.3, 0.4) is 0 Å². The first-order valence-corrected chi connectivity index (χ1v) is 6.97. The fourth-order valence-corrected chi connectivity index (χ4v) is 2.64. The maximum absolute atomic E-state index is 12.0. The predicted molar refractivity (Wildman–Crippen MR) is 68.7 cm³/mol. The number of carbonyl (C=O) groups is 1. The van der Waals surface area contributed by atoms with E-state index in [1.165, 1.54) is 6.42 Å². The van der Waals surface area contributed by atoms with Gasteiger partial charge in [0, 0.05) is 19.0 Å². The average molecular weight is 273 g/mol. The van der Waals surface area contributed by atoms with Gasteiger partial charge in [-0.2, -0.15) is 4.98 Å². The Balaban J connectivity index is 1.40. The molecule has 1 aliphatic heterocycles. The van der Waals surface area contributed by atoms with Crippen LogP contribution in [0.5, 0.6) is 0 Å². The molecule has 104 valence electrons. The Labute approximate surface area is 115 Å². The molecule has 1 amide bonds. The highest BCUT2D eigenvalue weighted by molar-refractivity contribution is 5.80. The third-order valence-corrected chi connectivity index (χ3v) is 4.18. The molecule has 0 spiro atoms. The van der Waals surface area contributed by atoms with Crippen LogP contribution in [-0.4, -0.2) is 34.0 Å². The van der Waals surface area contributed by atoms with Crippen LogP contribution in [0.4, 0.5) is 0 Å². The Morgan fingerprint density at radius 2 is 2.20 bits per heavy atom. The zero-order valence-electron chi connectivity index (χ0n) is 11.0. The van der Waals surface area contributed by atoms with Crippen molar-refractivity contribution in [3.63, 3.8) is 0 Å². The standard InChI is InChI=1S/C14H15N3O3/c18-14(9-3-1-4-9)17-7-10(8-17)13-15-12(16-20-13)11-5-2-6-19-11/h2,5-6,9-10H,1,3-4,7-8H2. The molecule has 20 heavy (non-hydrogen) atoms. The van der Waals surface area contributed by atoms with E-state index < -0.39 is 0 Å². The number of hydrogen-bond acceptors (Lipinski definition) is 5. The minimum absolute atomic E-state index is 0.162. The molecule has 0 unspecified atom stereocenters. The van der Waals surface area contributed by atoms with E-state index in [4.69, 9.17) is 8.94 Å². The molecule has 2 fully saturated rings. The molecule has 4 rings (SSSR count). The van der Waals surface area contributed by atoms with Gasteiger partial charge in [-0.25, -0.2) is 0 Å². The van der Waals surface area contributed by atoms with E-state index in [1.54, 1.807) is 18.4 Å². The first-order valence-electron chi connectivity index (χ1n) is 6.97. The molecule has 2 aromatic rings. The SMILES string of the molecule is O=C(C1CCC1)N1CC(c2nc(-c3ccco3)no2)C1. The molecule has 0 N–H and O–H groups in total. The van der Waals surface area contributed by atoms with Crippen LogP contribution in [0, 0.1) is 5.92 Å². The van der Waals surface area contributed by atoms with Crippen molar-refractivity contribution in [2.24, 2.45) is 5.92 Å². The van der Waals surface area contributed by atoms with Crippen molar-refractivity contribution < 1.29 is 13.7 Å². The molecule has 2 aliphatic rings. The fourth-order valence-electron chi connectivity index (χ4n) is 2.64. The molecule has 1 aliphatic carbocycles. The van der Waals surface area contributed by atoms with Gasteiger partial charge in [-0.1, -0.05) is 11.6 Å². The summed E-state index contributed by atoms with van der Waals surface area (Å²) in [6.07, 6.45) is 4.85. The molecular formula is C14H15N3O3. The zero-order chi connectivity index (χ0) is 13.5. The van der Waals surface area contributed by atoms with Crippen molar-refractivity contribution in [2.45, 2.75) is 25.2 Å². The number of nitrogens with zero attached hydrogens (tertiary/aromatic N) is 3. The van der Waals surface area contributed by atoms with E-state index in [2.05, 4.69) is 10.1 Å². The lowest BCUT2D eigenvalue weighted by Gasteiger charge is -2.41. The van der Waals surface area contributed by atoms with E-state index in [1.807, 2.05) is 4.90 Å². The lowest BCUT2D eigenvalue weighted by Crippen LogP contribution is -2.51. The van der Waals surface area contributed by atoms with Crippen molar-refractivity contribution in [3.05, 3.63) is 24.3 Å². The summed E-state index contributed by atoms with van der Waals surface area (Å²) in [4.78, 5) is 18.3. The number of hydrogen-bond donors (Lipinski definition) is 0. The second kappa shape index (κ2) is 4.47. The van der Waals surface area contributed by atoms with Crippen LogP contribution < -0.4 is 0 Å². The van der Waals surface area contributed by atoms with Crippen LogP contribution in [0.15, 0.2) is 27.3 Å². The van der Waals surface area contributed by atoms with Gasteiger partial charge in [0.05, 0.1) is 12.2 Å². The Morgan fingerprint density at radius 1 is 1.35 bits per heavy atom. The maximum Gasteiger partial charge on any atom is 0.238 e. The molecule has 0 radical (unpaired) electrons. The highest BCUT2D eigenvalue weighted by atomic mass is 16.5. The van der Waals surface area contributed by atoms with Crippen molar-refractivity contribution in [3.8, 4) is 11.6 Å². The Bertz CT molecular complexity index is 609. The predicted octanol–water partition coefficient (Wildman–Crippen LogP) is 2.06. The van der Waals surface area contributed by atoms with Gasteiger partial charge in [-0.05, 0) is 25.0 Å². The van der Waals surface area contributed by atoms with Crippen molar-refractivity contribution in [1.82, 2.24) is 15.0 Å². The summed E-state index contributed by atoms with van der Waals surface area (Å²) in [5, 5.41) is 3.91. The van der Waals surface area contributed by atoms with E-state index in [-0.39, 0.29) is 11.8 Å². The molecular weight excluding hydrogens is 258 g/mol. The summed E-state index contributed by atoms with van der Waals surface area (Å²) in [5.74, 6) is 2.37. The van der Waals surface area contributed by atoms with Gasteiger partial charge in [0.25, 0.3) is 0 Å². The monoisotopic (exact) mass is 273 g/mol. The molecule has 1 saturated heterocycles. The van der Waals surface area contributed by atoms with Crippen molar-refractivity contribution in [1.29, 1.82) is 0 Å². The Kier molecular flexibility index (Phi) is 2.61. The minimum atomic E-state index is 0.162. The average Bonchev–Trinajstić information content (AvgIpc) is 2.94. The molecule has 0 aromatic carbocycles. The summed E-state index contributed by atoms with van der Waals surface area (Å²) >= 11 is 0. The molecule has 6 nitrogen and oxygen atoms in total. The first kappa shape index (κ1) is 11.7. The lowest BCUT2D eigenvalue weighted by molar-refractivity contribution is -0.143. The number of furan rings is 1. The molecule has 0 atom stereocenters. The maximum atomic E-state index is 12.0.